The summed E-state index contributed by atoms with van der Waals surface area (Å²) in [4.78, 5) is 0. The number of aliphatic hydroxyl groups is 1. The van der Waals surface area contributed by atoms with Gasteiger partial charge in [-0.15, -0.1) is 10.2 Å². The predicted octanol–water partition coefficient (Wildman–Crippen LogP) is 2.77. The first-order valence-corrected chi connectivity index (χ1v) is 8.22. The van der Waals surface area contributed by atoms with Crippen molar-refractivity contribution in [2.24, 2.45) is 0 Å². The molecular weight excluding hydrogens is 304 g/mol. The third-order valence-corrected chi connectivity index (χ3v) is 4.35. The number of benzene rings is 1. The summed E-state index contributed by atoms with van der Waals surface area (Å²) in [5.74, 6) is 1.40. The van der Waals surface area contributed by atoms with Gasteiger partial charge in [0, 0.05) is 18.3 Å². The Labute approximate surface area is 139 Å². The maximum atomic E-state index is 10.4. The summed E-state index contributed by atoms with van der Waals surface area (Å²) in [5.41, 5.74) is 3.36. The minimum Gasteiger partial charge on any atom is -0.507 e. The molecule has 2 aromatic heterocycles. The number of anilines is 1. The highest BCUT2D eigenvalue weighted by Crippen LogP contribution is 2.43. The van der Waals surface area contributed by atoms with E-state index in [2.05, 4.69) is 21.6 Å². The van der Waals surface area contributed by atoms with Crippen molar-refractivity contribution in [1.82, 2.24) is 14.6 Å². The van der Waals surface area contributed by atoms with Crippen molar-refractivity contribution in [3.8, 4) is 17.0 Å². The number of phenolic OH excluding ortho intramolecular Hbond substituents is 1. The van der Waals surface area contributed by atoms with Gasteiger partial charge in [0.15, 0.2) is 0 Å². The fourth-order valence-electron chi connectivity index (χ4n) is 2.93. The molecule has 1 fully saturated rings. The van der Waals surface area contributed by atoms with Gasteiger partial charge in [0.2, 0.25) is 5.95 Å². The van der Waals surface area contributed by atoms with Gasteiger partial charge in [-0.1, -0.05) is 6.07 Å². The molecule has 0 aliphatic heterocycles. The number of phenols is 1. The number of aliphatic hydroxyl groups excluding tert-OH is 1. The van der Waals surface area contributed by atoms with Crippen molar-refractivity contribution in [3.63, 3.8) is 0 Å². The van der Waals surface area contributed by atoms with Crippen LogP contribution < -0.4 is 5.32 Å². The van der Waals surface area contributed by atoms with E-state index in [0.717, 1.165) is 5.52 Å². The molecule has 6 nitrogen and oxygen atoms in total. The zero-order chi connectivity index (χ0) is 16.7. The van der Waals surface area contributed by atoms with Gasteiger partial charge in [-0.05, 0) is 55.5 Å². The molecule has 3 aromatic rings. The van der Waals surface area contributed by atoms with Crippen LogP contribution in [0.4, 0.5) is 5.95 Å². The third kappa shape index (κ3) is 2.69. The highest BCUT2D eigenvalue weighted by atomic mass is 16.3. The molecular formula is C18H20N4O2. The Morgan fingerprint density at radius 2 is 2.12 bits per heavy atom. The number of aromatic nitrogens is 3. The number of hydrogen-bond donors (Lipinski definition) is 3. The van der Waals surface area contributed by atoms with Crippen LogP contribution in [0.5, 0.6) is 5.75 Å². The largest absolute Gasteiger partial charge is 0.507 e. The first kappa shape index (κ1) is 15.0. The van der Waals surface area contributed by atoms with Crippen LogP contribution >= 0.6 is 0 Å². The molecule has 1 aliphatic rings. The Balaban J connectivity index is 1.75. The van der Waals surface area contributed by atoms with Gasteiger partial charge in [0.25, 0.3) is 0 Å². The van der Waals surface area contributed by atoms with Crippen molar-refractivity contribution in [3.05, 3.63) is 42.1 Å². The quantitative estimate of drug-likeness (QED) is 0.672. The molecule has 3 N–H and O–H groups in total. The molecule has 4 rings (SSSR count). The fourth-order valence-corrected chi connectivity index (χ4v) is 2.93. The van der Waals surface area contributed by atoms with E-state index in [0.29, 0.717) is 29.7 Å². The predicted molar refractivity (Wildman–Crippen MR) is 92.2 cm³/mol. The van der Waals surface area contributed by atoms with Gasteiger partial charge in [-0.25, -0.2) is 0 Å². The average molecular weight is 324 g/mol. The fraction of sp³-hybridized carbons (Fsp3) is 0.333. The molecule has 0 radical (unpaired) electrons. The lowest BCUT2D eigenvalue weighted by Gasteiger charge is -2.12. The standard InChI is InChI=1S/C18H20N4O2/c1-11(23)10-19-18-21-20-17(15-3-2-8-22(15)18)14-7-6-13(9-16(14)24)12-4-5-12/h2-3,6-9,11-12,23-24H,4-5,10H2,1H3,(H,19,21)/t11-/m1/s1. The van der Waals surface area contributed by atoms with Crippen LogP contribution in [0.3, 0.4) is 0 Å². The van der Waals surface area contributed by atoms with Gasteiger partial charge in [-0.3, -0.25) is 4.40 Å². The zero-order valence-corrected chi connectivity index (χ0v) is 13.5. The second kappa shape index (κ2) is 5.79. The maximum Gasteiger partial charge on any atom is 0.227 e. The Morgan fingerprint density at radius 1 is 1.29 bits per heavy atom. The van der Waals surface area contributed by atoms with Crippen molar-refractivity contribution in [2.75, 3.05) is 11.9 Å². The van der Waals surface area contributed by atoms with Gasteiger partial charge >= 0.3 is 0 Å². The van der Waals surface area contributed by atoms with E-state index in [1.165, 1.54) is 18.4 Å². The molecule has 1 atom stereocenters. The van der Waals surface area contributed by atoms with Crippen LogP contribution in [0.25, 0.3) is 16.8 Å². The number of aromatic hydroxyl groups is 1. The highest BCUT2D eigenvalue weighted by molar-refractivity contribution is 5.81. The molecule has 6 heteroatoms. The summed E-state index contributed by atoms with van der Waals surface area (Å²) in [5, 5.41) is 31.5. The molecule has 24 heavy (non-hydrogen) atoms. The highest BCUT2D eigenvalue weighted by Gasteiger charge is 2.24. The van der Waals surface area contributed by atoms with Gasteiger partial charge in [-0.2, -0.15) is 0 Å². The first-order chi connectivity index (χ1) is 11.6. The molecule has 0 amide bonds. The summed E-state index contributed by atoms with van der Waals surface area (Å²) < 4.78 is 1.87. The van der Waals surface area contributed by atoms with E-state index in [1.54, 1.807) is 6.92 Å². The van der Waals surface area contributed by atoms with Crippen LogP contribution in [0, 0.1) is 0 Å². The Bertz CT molecular complexity index is 884. The zero-order valence-electron chi connectivity index (χ0n) is 13.5. The van der Waals surface area contributed by atoms with Crippen molar-refractivity contribution >= 4 is 11.5 Å². The van der Waals surface area contributed by atoms with Crippen LogP contribution in [-0.4, -0.2) is 37.5 Å². The van der Waals surface area contributed by atoms with Crippen LogP contribution in [-0.2, 0) is 0 Å². The summed E-state index contributed by atoms with van der Waals surface area (Å²) in [6.45, 7) is 2.10. The smallest absolute Gasteiger partial charge is 0.227 e. The lowest BCUT2D eigenvalue weighted by Crippen LogP contribution is -2.18. The molecule has 1 aromatic carbocycles. The molecule has 0 unspecified atom stereocenters. The first-order valence-electron chi connectivity index (χ1n) is 8.22. The Kier molecular flexibility index (Phi) is 3.61. The topological polar surface area (TPSA) is 82.7 Å². The molecule has 1 saturated carbocycles. The van der Waals surface area contributed by atoms with Crippen LogP contribution in [0.15, 0.2) is 36.5 Å². The lowest BCUT2D eigenvalue weighted by atomic mass is 10.0. The van der Waals surface area contributed by atoms with E-state index >= 15 is 0 Å². The second-order valence-corrected chi connectivity index (χ2v) is 6.42. The third-order valence-electron chi connectivity index (χ3n) is 4.35. The van der Waals surface area contributed by atoms with Gasteiger partial charge < -0.3 is 15.5 Å². The number of fused-ring (bicyclic) bond motifs is 1. The summed E-state index contributed by atoms with van der Waals surface area (Å²) in [6, 6.07) is 9.67. The number of hydrogen-bond acceptors (Lipinski definition) is 5. The second-order valence-electron chi connectivity index (χ2n) is 6.42. The number of rotatable bonds is 5. The summed E-state index contributed by atoms with van der Waals surface area (Å²) in [7, 11) is 0. The van der Waals surface area contributed by atoms with E-state index < -0.39 is 6.10 Å². The van der Waals surface area contributed by atoms with Crippen molar-refractivity contribution in [2.45, 2.75) is 31.8 Å². The van der Waals surface area contributed by atoms with E-state index in [1.807, 2.05) is 34.9 Å². The Morgan fingerprint density at radius 3 is 2.83 bits per heavy atom. The van der Waals surface area contributed by atoms with Crippen LogP contribution in [0.2, 0.25) is 0 Å². The van der Waals surface area contributed by atoms with Gasteiger partial charge in [0.05, 0.1) is 11.6 Å². The molecule has 2 heterocycles. The molecule has 0 saturated heterocycles. The van der Waals surface area contributed by atoms with Gasteiger partial charge in [0.1, 0.15) is 11.4 Å². The minimum atomic E-state index is -0.476. The SMILES string of the molecule is C[C@@H](O)CNc1nnc(-c2ccc(C3CC3)cc2O)c2cccn12. The van der Waals surface area contributed by atoms with Crippen LogP contribution in [0.1, 0.15) is 31.2 Å². The monoisotopic (exact) mass is 324 g/mol. The normalized spacial score (nSPS) is 15.6. The lowest BCUT2D eigenvalue weighted by molar-refractivity contribution is 0.208. The molecule has 0 bridgehead atoms. The average Bonchev–Trinajstić information content (AvgIpc) is 3.29. The molecule has 0 spiro atoms. The maximum absolute atomic E-state index is 10.4. The van der Waals surface area contributed by atoms with Crippen molar-refractivity contribution in [1.29, 1.82) is 0 Å². The number of nitrogens with zero attached hydrogens (tertiary/aromatic N) is 3. The van der Waals surface area contributed by atoms with Crippen molar-refractivity contribution < 1.29 is 10.2 Å². The summed E-state index contributed by atoms with van der Waals surface area (Å²) in [6.07, 6.45) is 3.81. The minimum absolute atomic E-state index is 0.237. The van der Waals surface area contributed by atoms with E-state index in [4.69, 9.17) is 0 Å². The summed E-state index contributed by atoms with van der Waals surface area (Å²) >= 11 is 0. The molecule has 124 valence electrons. The van der Waals surface area contributed by atoms with E-state index in [-0.39, 0.29) is 5.75 Å². The molecule has 1 aliphatic carbocycles. The Hall–Kier alpha value is -2.60. The number of nitrogens with one attached hydrogen (secondary N) is 1. The van der Waals surface area contributed by atoms with E-state index in [9.17, 15) is 10.2 Å².